The van der Waals surface area contributed by atoms with Crippen LogP contribution in [0, 0.1) is 6.92 Å². The second-order valence-corrected chi connectivity index (χ2v) is 14.2. The number of amides is 1. The van der Waals surface area contributed by atoms with E-state index in [0.717, 1.165) is 50.0 Å². The van der Waals surface area contributed by atoms with Crippen molar-refractivity contribution < 1.29 is 17.9 Å². The summed E-state index contributed by atoms with van der Waals surface area (Å²) in [6.07, 6.45) is 3.87. The summed E-state index contributed by atoms with van der Waals surface area (Å²) in [6.45, 7) is 5.30. The van der Waals surface area contributed by atoms with Gasteiger partial charge >= 0.3 is 0 Å². The SMILES string of the molecule is Cc1ccc(Cl)cc1CS(=O)(=O)c1ccc2[nH]nc(NC(=O)c3ccc(C4CCN(C)CC4)cc3NC3CCOCC3)c2n1. The summed E-state index contributed by atoms with van der Waals surface area (Å²) in [5.74, 6) is 0.00137. The molecule has 0 spiro atoms. The highest BCUT2D eigenvalue weighted by atomic mass is 35.5. The minimum absolute atomic E-state index is 0.106. The Morgan fingerprint density at radius 1 is 1.07 bits per heavy atom. The number of anilines is 2. The Bertz CT molecular complexity index is 1780. The van der Waals surface area contributed by atoms with Crippen LogP contribution in [-0.2, 0) is 20.3 Å². The average molecular weight is 637 g/mol. The molecule has 2 aromatic heterocycles. The molecular formula is C32H37ClN6O4S. The highest BCUT2D eigenvalue weighted by Crippen LogP contribution is 2.32. The van der Waals surface area contributed by atoms with Crippen LogP contribution in [0.3, 0.4) is 0 Å². The molecule has 44 heavy (non-hydrogen) atoms. The maximum atomic E-state index is 13.7. The molecule has 2 aliphatic rings. The quantitative estimate of drug-likeness (QED) is 0.230. The van der Waals surface area contributed by atoms with E-state index in [4.69, 9.17) is 16.3 Å². The van der Waals surface area contributed by atoms with E-state index in [1.54, 1.807) is 24.3 Å². The molecule has 0 radical (unpaired) electrons. The number of aromatic amines is 1. The molecule has 3 N–H and O–H groups in total. The van der Waals surface area contributed by atoms with E-state index in [2.05, 4.69) is 43.8 Å². The van der Waals surface area contributed by atoms with E-state index in [1.807, 2.05) is 19.1 Å². The predicted molar refractivity (Wildman–Crippen MR) is 172 cm³/mol. The molecule has 10 nitrogen and oxygen atoms in total. The summed E-state index contributed by atoms with van der Waals surface area (Å²) in [5.41, 5.74) is 4.69. The van der Waals surface area contributed by atoms with Crippen LogP contribution in [0.5, 0.6) is 0 Å². The van der Waals surface area contributed by atoms with Crippen molar-refractivity contribution in [3.05, 3.63) is 75.8 Å². The highest BCUT2D eigenvalue weighted by Gasteiger charge is 2.25. The number of sulfone groups is 1. The molecule has 232 valence electrons. The Balaban J connectivity index is 1.27. The molecule has 0 saturated carbocycles. The fourth-order valence-corrected chi connectivity index (χ4v) is 7.50. The van der Waals surface area contributed by atoms with Gasteiger partial charge in [-0.1, -0.05) is 23.7 Å². The monoisotopic (exact) mass is 636 g/mol. The van der Waals surface area contributed by atoms with Crippen molar-refractivity contribution in [3.63, 3.8) is 0 Å². The van der Waals surface area contributed by atoms with Gasteiger partial charge in [0.2, 0.25) is 0 Å². The summed E-state index contributed by atoms with van der Waals surface area (Å²) in [6, 6.07) is 14.5. The van der Waals surface area contributed by atoms with Crippen molar-refractivity contribution in [2.24, 2.45) is 0 Å². The first-order chi connectivity index (χ1) is 21.2. The number of likely N-dealkylation sites (tertiary alicyclic amines) is 1. The Morgan fingerprint density at radius 2 is 1.84 bits per heavy atom. The van der Waals surface area contributed by atoms with E-state index in [-0.39, 0.29) is 34.1 Å². The van der Waals surface area contributed by atoms with E-state index < -0.39 is 9.84 Å². The number of nitrogens with zero attached hydrogens (tertiary/aromatic N) is 3. The van der Waals surface area contributed by atoms with Gasteiger partial charge in [0.05, 0.1) is 16.8 Å². The van der Waals surface area contributed by atoms with Gasteiger partial charge in [-0.05, 0) is 112 Å². The van der Waals surface area contributed by atoms with Gasteiger partial charge in [-0.15, -0.1) is 0 Å². The number of nitrogens with one attached hydrogen (secondary N) is 3. The molecule has 0 atom stereocenters. The minimum atomic E-state index is -3.81. The molecule has 0 aliphatic carbocycles. The first kappa shape index (κ1) is 30.5. The van der Waals surface area contributed by atoms with E-state index >= 15 is 0 Å². The van der Waals surface area contributed by atoms with Crippen LogP contribution in [-0.4, -0.2) is 73.8 Å². The molecule has 2 aromatic carbocycles. The van der Waals surface area contributed by atoms with E-state index in [0.29, 0.717) is 40.8 Å². The molecule has 2 fully saturated rings. The third kappa shape index (κ3) is 6.76. The predicted octanol–water partition coefficient (Wildman–Crippen LogP) is 5.55. The third-order valence-electron chi connectivity index (χ3n) is 8.65. The lowest BCUT2D eigenvalue weighted by Gasteiger charge is -2.30. The second kappa shape index (κ2) is 12.8. The zero-order valence-corrected chi connectivity index (χ0v) is 26.5. The van der Waals surface area contributed by atoms with Crippen molar-refractivity contribution in [2.75, 3.05) is 44.0 Å². The zero-order valence-electron chi connectivity index (χ0n) is 24.9. The lowest BCUT2D eigenvalue weighted by atomic mass is 9.88. The van der Waals surface area contributed by atoms with Crippen molar-refractivity contribution in [1.29, 1.82) is 0 Å². The van der Waals surface area contributed by atoms with Gasteiger partial charge in [0, 0.05) is 30.0 Å². The topological polar surface area (TPSA) is 129 Å². The zero-order chi connectivity index (χ0) is 30.8. The van der Waals surface area contributed by atoms with Crippen LogP contribution < -0.4 is 10.6 Å². The molecule has 1 amide bonds. The Morgan fingerprint density at radius 3 is 2.61 bits per heavy atom. The molecule has 4 aromatic rings. The summed E-state index contributed by atoms with van der Waals surface area (Å²) in [7, 11) is -1.66. The molecule has 2 saturated heterocycles. The van der Waals surface area contributed by atoms with Gasteiger partial charge in [0.25, 0.3) is 5.91 Å². The fraction of sp³-hybridized carbons (Fsp3) is 0.406. The first-order valence-electron chi connectivity index (χ1n) is 15.0. The number of carbonyl (C=O) groups is 1. The molecule has 6 rings (SSSR count). The number of aromatic nitrogens is 3. The number of rotatable bonds is 8. The number of piperidine rings is 1. The van der Waals surface area contributed by atoms with Crippen LogP contribution in [0.2, 0.25) is 5.02 Å². The van der Waals surface area contributed by atoms with Gasteiger partial charge < -0.3 is 20.3 Å². The Hall–Kier alpha value is -3.51. The first-order valence-corrected chi connectivity index (χ1v) is 17.0. The van der Waals surface area contributed by atoms with Crippen molar-refractivity contribution in [1.82, 2.24) is 20.1 Å². The van der Waals surface area contributed by atoms with Gasteiger partial charge in [0.1, 0.15) is 5.52 Å². The number of ether oxygens (including phenoxy) is 1. The molecule has 0 bridgehead atoms. The number of halogens is 1. The molecule has 12 heteroatoms. The van der Waals surface area contributed by atoms with Gasteiger partial charge in [0.15, 0.2) is 20.7 Å². The summed E-state index contributed by atoms with van der Waals surface area (Å²) >= 11 is 6.12. The summed E-state index contributed by atoms with van der Waals surface area (Å²) in [4.78, 5) is 20.5. The summed E-state index contributed by atoms with van der Waals surface area (Å²) in [5, 5.41) is 14.0. The Labute approximate surface area is 262 Å². The fourth-order valence-electron chi connectivity index (χ4n) is 5.93. The lowest BCUT2D eigenvalue weighted by molar-refractivity contribution is 0.0904. The number of fused-ring (bicyclic) bond motifs is 1. The van der Waals surface area contributed by atoms with Gasteiger partial charge in [-0.2, -0.15) is 5.10 Å². The maximum absolute atomic E-state index is 13.7. The number of hydrogen-bond acceptors (Lipinski definition) is 8. The van der Waals surface area contributed by atoms with Crippen LogP contribution >= 0.6 is 11.6 Å². The normalized spacial score (nSPS) is 17.2. The van der Waals surface area contributed by atoms with Crippen LogP contribution in [0.25, 0.3) is 11.0 Å². The van der Waals surface area contributed by atoms with Gasteiger partial charge in [-0.3, -0.25) is 9.89 Å². The van der Waals surface area contributed by atoms with Crippen LogP contribution in [0.1, 0.15) is 58.6 Å². The number of H-pyrrole nitrogens is 1. The third-order valence-corrected chi connectivity index (χ3v) is 10.4. The van der Waals surface area contributed by atoms with Crippen LogP contribution in [0.4, 0.5) is 11.5 Å². The van der Waals surface area contributed by atoms with Crippen molar-refractivity contribution in [2.45, 2.75) is 55.3 Å². The highest BCUT2D eigenvalue weighted by molar-refractivity contribution is 7.90. The molecular weight excluding hydrogens is 600 g/mol. The second-order valence-electron chi connectivity index (χ2n) is 11.8. The lowest BCUT2D eigenvalue weighted by Crippen LogP contribution is -2.30. The van der Waals surface area contributed by atoms with Crippen molar-refractivity contribution in [3.8, 4) is 0 Å². The molecule has 2 aliphatic heterocycles. The Kier molecular flexibility index (Phi) is 8.91. The summed E-state index contributed by atoms with van der Waals surface area (Å²) < 4.78 is 32.3. The van der Waals surface area contributed by atoms with Crippen molar-refractivity contribution >= 4 is 49.9 Å². The average Bonchev–Trinajstić information content (AvgIpc) is 3.41. The largest absolute Gasteiger partial charge is 0.381 e. The number of benzene rings is 2. The standard InChI is InChI=1S/C32H37ClN6O4S/c1-20-3-5-24(33)17-23(20)19-44(41,42)29-8-7-27-30(35-29)31(38-37-27)36-32(40)26-6-4-22(21-9-13-39(2)14-10-21)18-28(26)34-25-11-15-43-16-12-25/h3-8,17-18,21,25,34H,9-16,19H2,1-2H3,(H2,36,37,38,40). The number of hydrogen-bond donors (Lipinski definition) is 3. The maximum Gasteiger partial charge on any atom is 0.259 e. The van der Waals surface area contributed by atoms with Gasteiger partial charge in [-0.25, -0.2) is 13.4 Å². The van der Waals surface area contributed by atoms with E-state index in [9.17, 15) is 13.2 Å². The van der Waals surface area contributed by atoms with Crippen LogP contribution in [0.15, 0.2) is 53.6 Å². The number of aryl methyl sites for hydroxylation is 1. The smallest absolute Gasteiger partial charge is 0.259 e. The van der Waals surface area contributed by atoms with E-state index in [1.165, 1.54) is 11.6 Å². The molecule has 0 unspecified atom stereocenters. The number of pyridine rings is 1. The minimum Gasteiger partial charge on any atom is -0.381 e. The number of carbonyl (C=O) groups excluding carboxylic acids is 1. The molecule has 4 heterocycles.